The van der Waals surface area contributed by atoms with Crippen molar-refractivity contribution in [3.8, 4) is 0 Å². The molecule has 1 heterocycles. The van der Waals surface area contributed by atoms with Gasteiger partial charge < -0.3 is 20.1 Å². The van der Waals surface area contributed by atoms with Crippen molar-refractivity contribution in [1.82, 2.24) is 10.2 Å². The first-order valence-electron chi connectivity index (χ1n) is 5.26. The van der Waals surface area contributed by atoms with Gasteiger partial charge in [-0.2, -0.15) is 0 Å². The zero-order valence-corrected chi connectivity index (χ0v) is 9.60. The number of amides is 1. The zero-order chi connectivity index (χ0) is 12.1. The van der Waals surface area contributed by atoms with Crippen molar-refractivity contribution in [1.29, 1.82) is 0 Å². The predicted molar refractivity (Wildman–Crippen MR) is 57.0 cm³/mol. The maximum atomic E-state index is 11.7. The predicted octanol–water partition coefficient (Wildman–Crippen LogP) is -0.846. The summed E-state index contributed by atoms with van der Waals surface area (Å²) in [4.78, 5) is 24.1. The molecule has 16 heavy (non-hydrogen) atoms. The molecule has 0 aromatic heterocycles. The number of carbonyl (C=O) groups is 2. The molecule has 0 aromatic carbocycles. The molecule has 2 N–H and O–H groups in total. The van der Waals surface area contributed by atoms with Crippen molar-refractivity contribution in [3.63, 3.8) is 0 Å². The van der Waals surface area contributed by atoms with Gasteiger partial charge in [-0.15, -0.1) is 0 Å². The number of hydrogen-bond donors (Lipinski definition) is 2. The monoisotopic (exact) mass is 230 g/mol. The van der Waals surface area contributed by atoms with E-state index in [0.29, 0.717) is 19.6 Å². The third kappa shape index (κ3) is 2.93. The Kier molecular flexibility index (Phi) is 4.70. The lowest BCUT2D eigenvalue weighted by molar-refractivity contribution is -0.147. The highest BCUT2D eigenvalue weighted by Gasteiger charge is 2.39. The summed E-state index contributed by atoms with van der Waals surface area (Å²) in [6, 6.07) is -0.707. The van der Waals surface area contributed by atoms with Gasteiger partial charge in [-0.05, 0) is 13.5 Å². The Hall–Kier alpha value is -1.14. The second-order valence-electron chi connectivity index (χ2n) is 3.99. The number of ether oxygens (including phenoxy) is 1. The molecule has 0 bridgehead atoms. The average Bonchev–Trinajstić information content (AvgIpc) is 2.63. The fourth-order valence-electron chi connectivity index (χ4n) is 2.04. The van der Waals surface area contributed by atoms with Crippen LogP contribution >= 0.6 is 0 Å². The van der Waals surface area contributed by atoms with E-state index in [9.17, 15) is 9.59 Å². The zero-order valence-electron chi connectivity index (χ0n) is 9.60. The van der Waals surface area contributed by atoms with Gasteiger partial charge in [0.15, 0.2) is 0 Å². The molecule has 0 aliphatic carbocycles. The van der Waals surface area contributed by atoms with Crippen LogP contribution in [-0.4, -0.2) is 61.8 Å². The lowest BCUT2D eigenvalue weighted by Gasteiger charge is -2.21. The highest BCUT2D eigenvalue weighted by atomic mass is 16.5. The highest BCUT2D eigenvalue weighted by Crippen LogP contribution is 2.23. The topological polar surface area (TPSA) is 78.9 Å². The second kappa shape index (κ2) is 5.81. The molecular formula is C10H18N2O4. The number of nitrogens with one attached hydrogen (secondary N) is 1. The molecule has 1 aliphatic rings. The second-order valence-corrected chi connectivity index (χ2v) is 3.99. The first kappa shape index (κ1) is 12.9. The molecule has 1 amide bonds. The Labute approximate surface area is 94.6 Å². The molecule has 6 nitrogen and oxygen atoms in total. The van der Waals surface area contributed by atoms with Crippen LogP contribution in [0.1, 0.15) is 6.42 Å². The van der Waals surface area contributed by atoms with Crippen LogP contribution in [0.25, 0.3) is 0 Å². The Balaban J connectivity index is 2.65. The normalized spacial score (nSPS) is 24.8. The van der Waals surface area contributed by atoms with Gasteiger partial charge in [-0.3, -0.25) is 4.79 Å². The van der Waals surface area contributed by atoms with E-state index >= 15 is 0 Å². The molecule has 92 valence electrons. The lowest BCUT2D eigenvalue weighted by atomic mass is 10.1. The fraction of sp³-hybridized carbons (Fsp3) is 0.800. The number of aliphatic carboxylic acids is 1. The molecule has 1 aliphatic heterocycles. The Morgan fingerprint density at radius 3 is 2.75 bits per heavy atom. The largest absolute Gasteiger partial charge is 0.480 e. The van der Waals surface area contributed by atoms with E-state index in [1.165, 1.54) is 4.90 Å². The fourth-order valence-corrected chi connectivity index (χ4v) is 2.04. The minimum Gasteiger partial charge on any atom is -0.480 e. The summed E-state index contributed by atoms with van der Waals surface area (Å²) in [5, 5.41) is 11.8. The smallest absolute Gasteiger partial charge is 0.326 e. The summed E-state index contributed by atoms with van der Waals surface area (Å²) >= 11 is 0. The molecule has 1 rings (SSSR count). The summed E-state index contributed by atoms with van der Waals surface area (Å²) in [5.41, 5.74) is 0. The van der Waals surface area contributed by atoms with Gasteiger partial charge >= 0.3 is 5.97 Å². The maximum Gasteiger partial charge on any atom is 0.326 e. The molecular weight excluding hydrogens is 212 g/mol. The van der Waals surface area contributed by atoms with Crippen LogP contribution in [0.5, 0.6) is 0 Å². The molecule has 2 unspecified atom stereocenters. The molecule has 2 atom stereocenters. The summed E-state index contributed by atoms with van der Waals surface area (Å²) in [5.74, 6) is -0.997. The van der Waals surface area contributed by atoms with E-state index in [4.69, 9.17) is 9.84 Å². The lowest BCUT2D eigenvalue weighted by Crippen LogP contribution is -2.44. The number of likely N-dealkylation sites (N-methyl/N-ethyl adjacent to an activating group) is 1. The van der Waals surface area contributed by atoms with Crippen LogP contribution in [0.15, 0.2) is 0 Å². The summed E-state index contributed by atoms with van der Waals surface area (Å²) < 4.78 is 5.00. The quantitative estimate of drug-likeness (QED) is 0.643. The average molecular weight is 230 g/mol. The number of rotatable bonds is 5. The van der Waals surface area contributed by atoms with Crippen LogP contribution < -0.4 is 5.32 Å². The van der Waals surface area contributed by atoms with E-state index in [-0.39, 0.29) is 18.4 Å². The number of carbonyl (C=O) groups excluding carboxylic acids is 1. The molecule has 1 saturated heterocycles. The van der Waals surface area contributed by atoms with Crippen LogP contribution in [-0.2, 0) is 14.3 Å². The van der Waals surface area contributed by atoms with Crippen molar-refractivity contribution in [2.24, 2.45) is 5.92 Å². The first-order valence-corrected chi connectivity index (χ1v) is 5.26. The van der Waals surface area contributed by atoms with Crippen molar-refractivity contribution in [2.75, 3.05) is 33.9 Å². The van der Waals surface area contributed by atoms with E-state index in [2.05, 4.69) is 5.32 Å². The molecule has 0 radical (unpaired) electrons. The number of hydrogen-bond acceptors (Lipinski definition) is 4. The van der Waals surface area contributed by atoms with E-state index < -0.39 is 12.0 Å². The van der Waals surface area contributed by atoms with Gasteiger partial charge in [0, 0.05) is 19.6 Å². The number of likely N-dealkylation sites (tertiary alicyclic amines) is 1. The van der Waals surface area contributed by atoms with Crippen molar-refractivity contribution < 1.29 is 19.4 Å². The molecule has 0 saturated carbocycles. The van der Waals surface area contributed by atoms with Crippen LogP contribution in [0.4, 0.5) is 0 Å². The van der Waals surface area contributed by atoms with E-state index in [1.807, 2.05) is 0 Å². The third-order valence-electron chi connectivity index (χ3n) is 2.72. The Morgan fingerprint density at radius 2 is 2.25 bits per heavy atom. The van der Waals surface area contributed by atoms with Crippen LogP contribution in [0.2, 0.25) is 0 Å². The number of nitrogens with zero attached hydrogens (tertiary/aromatic N) is 1. The van der Waals surface area contributed by atoms with Gasteiger partial charge in [-0.25, -0.2) is 4.79 Å². The molecule has 1 fully saturated rings. The third-order valence-corrected chi connectivity index (χ3v) is 2.72. The van der Waals surface area contributed by atoms with E-state index in [0.717, 1.165) is 0 Å². The number of methoxy groups -OCH3 is 1. The summed E-state index contributed by atoms with van der Waals surface area (Å²) in [7, 11) is 3.24. The van der Waals surface area contributed by atoms with Gasteiger partial charge in [0.2, 0.25) is 5.91 Å². The minimum absolute atomic E-state index is 0.118. The van der Waals surface area contributed by atoms with E-state index in [1.54, 1.807) is 14.2 Å². The number of carboxylic acid groups (broad SMARTS) is 1. The Bertz CT molecular complexity index is 270. The van der Waals surface area contributed by atoms with Crippen LogP contribution in [0.3, 0.4) is 0 Å². The van der Waals surface area contributed by atoms with Crippen molar-refractivity contribution >= 4 is 11.9 Å². The molecule has 6 heteroatoms. The van der Waals surface area contributed by atoms with Gasteiger partial charge in [-0.1, -0.05) is 0 Å². The SMILES string of the molecule is CNCC(=O)N1CC(COC)CC1C(=O)O. The number of carboxylic acids is 1. The van der Waals surface area contributed by atoms with Crippen LogP contribution in [0, 0.1) is 5.92 Å². The Morgan fingerprint density at radius 1 is 1.56 bits per heavy atom. The molecule has 0 spiro atoms. The summed E-state index contributed by atoms with van der Waals surface area (Å²) in [6.45, 7) is 1.13. The first-order chi connectivity index (χ1) is 7.60. The maximum absolute atomic E-state index is 11.7. The minimum atomic E-state index is -0.942. The van der Waals surface area contributed by atoms with Gasteiger partial charge in [0.25, 0.3) is 0 Å². The highest BCUT2D eigenvalue weighted by molar-refractivity contribution is 5.85. The standard InChI is InChI=1S/C10H18N2O4/c1-11-4-9(13)12-5-7(6-16-2)3-8(12)10(14)15/h7-8,11H,3-6H2,1-2H3,(H,14,15). The van der Waals surface area contributed by atoms with Gasteiger partial charge in [0.1, 0.15) is 6.04 Å². The summed E-state index contributed by atoms with van der Waals surface area (Å²) in [6.07, 6.45) is 0.471. The van der Waals surface area contributed by atoms with Crippen molar-refractivity contribution in [2.45, 2.75) is 12.5 Å². The van der Waals surface area contributed by atoms with Gasteiger partial charge in [0.05, 0.1) is 13.2 Å². The van der Waals surface area contributed by atoms with Crippen molar-refractivity contribution in [3.05, 3.63) is 0 Å². The molecule has 0 aromatic rings.